The van der Waals surface area contributed by atoms with Crippen molar-refractivity contribution in [1.29, 1.82) is 0 Å². The van der Waals surface area contributed by atoms with Gasteiger partial charge in [-0.05, 0) is 45.8 Å². The Morgan fingerprint density at radius 2 is 1.89 bits per heavy atom. The van der Waals surface area contributed by atoms with Crippen LogP contribution in [0.2, 0.25) is 0 Å². The first-order valence-electron chi connectivity index (χ1n) is 7.42. The monoisotopic (exact) mass is 291 g/mol. The van der Waals surface area contributed by atoms with E-state index in [2.05, 4.69) is 28.8 Å². The highest BCUT2D eigenvalue weighted by atomic mass is 32.2. The third kappa shape index (κ3) is 7.87. The Balaban J connectivity index is 2.19. The van der Waals surface area contributed by atoms with Gasteiger partial charge in [0.15, 0.2) is 0 Å². The van der Waals surface area contributed by atoms with Crippen molar-refractivity contribution in [3.8, 4) is 0 Å². The molecule has 0 heterocycles. The lowest BCUT2D eigenvalue weighted by Gasteiger charge is -2.23. The van der Waals surface area contributed by atoms with Gasteiger partial charge in [0.25, 0.3) is 0 Å². The summed E-state index contributed by atoms with van der Waals surface area (Å²) in [5, 5.41) is 3.33. The normalized spacial score (nSPS) is 17.9. The number of rotatable bonds is 11. The maximum absolute atomic E-state index is 11.9. The van der Waals surface area contributed by atoms with Gasteiger partial charge in [0, 0.05) is 18.6 Å². The van der Waals surface area contributed by atoms with Crippen molar-refractivity contribution in [2.45, 2.75) is 52.1 Å². The van der Waals surface area contributed by atoms with Gasteiger partial charge in [0.05, 0.1) is 5.75 Å². The Hall–Kier alpha value is -0.170. The smallest absolute Gasteiger partial charge is 0.211 e. The zero-order valence-corrected chi connectivity index (χ0v) is 13.3. The van der Waals surface area contributed by atoms with Crippen LogP contribution in [0.3, 0.4) is 0 Å². The molecule has 1 aliphatic carbocycles. The standard InChI is InChI=1S/C13H29N3O2S/c1-4-16(5-2)11-12(3)15-19(17,18)10-6-9-14-13-7-8-13/h12-15H,4-11H2,1-3H3. The van der Waals surface area contributed by atoms with Crippen LogP contribution in [0.5, 0.6) is 0 Å². The van der Waals surface area contributed by atoms with Gasteiger partial charge in [-0.2, -0.15) is 0 Å². The molecule has 1 saturated carbocycles. The van der Waals surface area contributed by atoms with Gasteiger partial charge < -0.3 is 10.2 Å². The van der Waals surface area contributed by atoms with Crippen molar-refractivity contribution in [3.05, 3.63) is 0 Å². The van der Waals surface area contributed by atoms with Crippen molar-refractivity contribution >= 4 is 10.0 Å². The minimum atomic E-state index is -3.14. The molecule has 114 valence electrons. The number of likely N-dealkylation sites (N-methyl/N-ethyl adjacent to an activating group) is 1. The predicted octanol–water partition coefficient (Wildman–Crippen LogP) is 0.778. The average Bonchev–Trinajstić information content (AvgIpc) is 3.15. The molecule has 1 rings (SSSR count). The molecule has 0 aromatic carbocycles. The van der Waals surface area contributed by atoms with Gasteiger partial charge in [-0.3, -0.25) is 0 Å². The summed E-state index contributed by atoms with van der Waals surface area (Å²) >= 11 is 0. The van der Waals surface area contributed by atoms with E-state index in [0.29, 0.717) is 12.5 Å². The van der Waals surface area contributed by atoms with E-state index in [1.165, 1.54) is 12.8 Å². The summed E-state index contributed by atoms with van der Waals surface area (Å²) in [5.41, 5.74) is 0. The molecule has 0 bridgehead atoms. The third-order valence-electron chi connectivity index (χ3n) is 3.41. The molecule has 1 atom stereocenters. The molecule has 0 radical (unpaired) electrons. The highest BCUT2D eigenvalue weighted by Crippen LogP contribution is 2.18. The van der Waals surface area contributed by atoms with E-state index >= 15 is 0 Å². The minimum Gasteiger partial charge on any atom is -0.314 e. The average molecular weight is 291 g/mol. The fraction of sp³-hybridized carbons (Fsp3) is 1.00. The van der Waals surface area contributed by atoms with Gasteiger partial charge in [0.1, 0.15) is 0 Å². The van der Waals surface area contributed by atoms with Crippen LogP contribution in [0.15, 0.2) is 0 Å². The van der Waals surface area contributed by atoms with Gasteiger partial charge >= 0.3 is 0 Å². The van der Waals surface area contributed by atoms with Crippen LogP contribution in [0.25, 0.3) is 0 Å². The molecule has 6 heteroatoms. The van der Waals surface area contributed by atoms with E-state index in [9.17, 15) is 8.42 Å². The third-order valence-corrected chi connectivity index (χ3v) is 5.00. The molecular weight excluding hydrogens is 262 g/mol. The number of nitrogens with zero attached hydrogens (tertiary/aromatic N) is 1. The fourth-order valence-electron chi connectivity index (χ4n) is 2.13. The molecule has 0 aromatic heterocycles. The Labute approximate surface area is 118 Å². The van der Waals surface area contributed by atoms with E-state index in [1.54, 1.807) is 0 Å². The van der Waals surface area contributed by atoms with Crippen molar-refractivity contribution in [3.63, 3.8) is 0 Å². The summed E-state index contributed by atoms with van der Waals surface area (Å²) in [6, 6.07) is 0.624. The topological polar surface area (TPSA) is 61.4 Å². The van der Waals surface area contributed by atoms with Crippen LogP contribution in [0, 0.1) is 0 Å². The van der Waals surface area contributed by atoms with Crippen molar-refractivity contribution in [2.75, 3.05) is 31.9 Å². The lowest BCUT2D eigenvalue weighted by Crippen LogP contribution is -2.43. The van der Waals surface area contributed by atoms with Crippen molar-refractivity contribution < 1.29 is 8.42 Å². The number of nitrogens with one attached hydrogen (secondary N) is 2. The highest BCUT2D eigenvalue weighted by molar-refractivity contribution is 7.89. The molecule has 1 aliphatic rings. The Bertz CT molecular complexity index is 338. The zero-order chi connectivity index (χ0) is 14.3. The summed E-state index contributed by atoms with van der Waals surface area (Å²) < 4.78 is 26.6. The Kier molecular flexibility index (Phi) is 7.28. The van der Waals surface area contributed by atoms with Crippen LogP contribution in [-0.4, -0.2) is 57.3 Å². The van der Waals surface area contributed by atoms with Crippen LogP contribution >= 0.6 is 0 Å². The lowest BCUT2D eigenvalue weighted by atomic mass is 10.3. The molecule has 19 heavy (non-hydrogen) atoms. The molecule has 5 nitrogen and oxygen atoms in total. The maximum atomic E-state index is 11.9. The molecule has 1 fully saturated rings. The molecular formula is C13H29N3O2S. The fourth-order valence-corrected chi connectivity index (χ4v) is 3.46. The molecule has 0 aliphatic heterocycles. The van der Waals surface area contributed by atoms with Gasteiger partial charge in [-0.15, -0.1) is 0 Å². The van der Waals surface area contributed by atoms with Gasteiger partial charge in [-0.25, -0.2) is 13.1 Å². The SMILES string of the molecule is CCN(CC)CC(C)NS(=O)(=O)CCCNC1CC1. The largest absolute Gasteiger partial charge is 0.314 e. The molecule has 1 unspecified atom stereocenters. The first-order valence-corrected chi connectivity index (χ1v) is 9.07. The summed E-state index contributed by atoms with van der Waals surface area (Å²) in [6.45, 7) is 9.59. The second kappa shape index (κ2) is 8.19. The second-order valence-electron chi connectivity index (χ2n) is 5.41. The highest BCUT2D eigenvalue weighted by Gasteiger charge is 2.20. The van der Waals surface area contributed by atoms with E-state index in [1.807, 2.05) is 6.92 Å². The Morgan fingerprint density at radius 3 is 2.42 bits per heavy atom. The second-order valence-corrected chi connectivity index (χ2v) is 7.28. The minimum absolute atomic E-state index is 0.0266. The first kappa shape index (κ1) is 16.9. The van der Waals surface area contributed by atoms with E-state index in [4.69, 9.17) is 0 Å². The first-order chi connectivity index (χ1) is 8.96. The number of hydrogen-bond acceptors (Lipinski definition) is 4. The van der Waals surface area contributed by atoms with E-state index in [-0.39, 0.29) is 11.8 Å². The summed E-state index contributed by atoms with van der Waals surface area (Å²) in [7, 11) is -3.14. The van der Waals surface area contributed by atoms with Crippen molar-refractivity contribution in [1.82, 2.24) is 14.9 Å². The predicted molar refractivity (Wildman–Crippen MR) is 79.8 cm³/mol. The molecule has 0 aromatic rings. The summed E-state index contributed by atoms with van der Waals surface area (Å²) in [5.74, 6) is 0.218. The van der Waals surface area contributed by atoms with E-state index < -0.39 is 10.0 Å². The Morgan fingerprint density at radius 1 is 1.26 bits per heavy atom. The number of hydrogen-bond donors (Lipinski definition) is 2. The molecule has 0 spiro atoms. The van der Waals surface area contributed by atoms with Crippen LogP contribution in [0.4, 0.5) is 0 Å². The summed E-state index contributed by atoms with van der Waals surface area (Å²) in [6.07, 6.45) is 3.17. The van der Waals surface area contributed by atoms with Crippen molar-refractivity contribution in [2.24, 2.45) is 0 Å². The van der Waals surface area contributed by atoms with E-state index in [0.717, 1.165) is 26.2 Å². The molecule has 0 saturated heterocycles. The quantitative estimate of drug-likeness (QED) is 0.552. The van der Waals surface area contributed by atoms with Crippen LogP contribution in [0.1, 0.15) is 40.0 Å². The lowest BCUT2D eigenvalue weighted by molar-refractivity contribution is 0.282. The van der Waals surface area contributed by atoms with Crippen LogP contribution in [-0.2, 0) is 10.0 Å². The molecule has 2 N–H and O–H groups in total. The number of sulfonamides is 1. The zero-order valence-electron chi connectivity index (χ0n) is 12.5. The van der Waals surface area contributed by atoms with Crippen LogP contribution < -0.4 is 10.0 Å². The summed E-state index contributed by atoms with van der Waals surface area (Å²) in [4.78, 5) is 2.22. The molecule has 0 amide bonds. The van der Waals surface area contributed by atoms with Gasteiger partial charge in [0.2, 0.25) is 10.0 Å². The van der Waals surface area contributed by atoms with Gasteiger partial charge in [-0.1, -0.05) is 13.8 Å². The maximum Gasteiger partial charge on any atom is 0.211 e.